The van der Waals surface area contributed by atoms with E-state index in [0.29, 0.717) is 0 Å². The lowest BCUT2D eigenvalue weighted by molar-refractivity contribution is 0.182. The monoisotopic (exact) mass is 245 g/mol. The summed E-state index contributed by atoms with van der Waals surface area (Å²) in [5, 5.41) is 0. The molecule has 2 heterocycles. The molecule has 2 aliphatic heterocycles. The fourth-order valence-electron chi connectivity index (χ4n) is 3.14. The third-order valence-corrected chi connectivity index (χ3v) is 4.27. The maximum atomic E-state index is 6.04. The van der Waals surface area contributed by atoms with Crippen LogP contribution in [0.2, 0.25) is 0 Å². The lowest BCUT2D eigenvalue weighted by Crippen LogP contribution is -2.36. The minimum Gasteiger partial charge on any atom is -0.398 e. The quantitative estimate of drug-likeness (QED) is 0.828. The van der Waals surface area contributed by atoms with Gasteiger partial charge in [-0.15, -0.1) is 0 Å². The molecule has 0 aliphatic carbocycles. The molecule has 1 fully saturated rings. The minimum atomic E-state index is 0.966. The Morgan fingerprint density at radius 3 is 2.50 bits per heavy atom. The summed E-state index contributed by atoms with van der Waals surface area (Å²) in [6, 6.07) is 6.31. The first-order valence-electron chi connectivity index (χ1n) is 7.14. The molecule has 0 amide bonds. The summed E-state index contributed by atoms with van der Waals surface area (Å²) in [6.07, 6.45) is 4.18. The highest BCUT2D eigenvalue weighted by Gasteiger charge is 2.21. The van der Waals surface area contributed by atoms with Crippen molar-refractivity contribution in [2.45, 2.75) is 32.4 Å². The van der Waals surface area contributed by atoms with E-state index in [2.05, 4.69) is 21.9 Å². The van der Waals surface area contributed by atoms with E-state index in [1.54, 1.807) is 0 Å². The molecule has 0 aromatic heterocycles. The summed E-state index contributed by atoms with van der Waals surface area (Å²) < 4.78 is 0. The maximum absolute atomic E-state index is 6.04. The van der Waals surface area contributed by atoms with E-state index in [-0.39, 0.29) is 0 Å². The number of anilines is 1. The Kier molecular flexibility index (Phi) is 3.52. The van der Waals surface area contributed by atoms with Crippen LogP contribution in [0.1, 0.15) is 30.4 Å². The highest BCUT2D eigenvalue weighted by atomic mass is 15.2. The Morgan fingerprint density at radius 2 is 1.72 bits per heavy atom. The first-order chi connectivity index (χ1) is 8.83. The molecule has 0 unspecified atom stereocenters. The van der Waals surface area contributed by atoms with Gasteiger partial charge in [0.1, 0.15) is 0 Å². The van der Waals surface area contributed by atoms with Gasteiger partial charge in [-0.05, 0) is 43.1 Å². The van der Waals surface area contributed by atoms with Crippen molar-refractivity contribution in [2.24, 2.45) is 0 Å². The third kappa shape index (κ3) is 2.52. The molecule has 3 nitrogen and oxygen atoms in total. The first kappa shape index (κ1) is 12.0. The van der Waals surface area contributed by atoms with Crippen molar-refractivity contribution >= 4 is 5.69 Å². The van der Waals surface area contributed by atoms with Gasteiger partial charge in [0.25, 0.3) is 0 Å². The number of piperidine rings is 1. The van der Waals surface area contributed by atoms with Crippen molar-refractivity contribution in [2.75, 3.05) is 31.9 Å². The molecule has 2 aliphatic rings. The average molecular weight is 245 g/mol. The predicted octanol–water partition coefficient (Wildman–Crippen LogP) is 2.07. The molecule has 1 aromatic carbocycles. The number of rotatable bonds is 3. The lowest BCUT2D eigenvalue weighted by atomic mass is 10.1. The van der Waals surface area contributed by atoms with Gasteiger partial charge >= 0.3 is 0 Å². The molecular formula is C15H23N3. The number of benzene rings is 1. The number of nitrogens with zero attached hydrogens (tertiary/aromatic N) is 2. The summed E-state index contributed by atoms with van der Waals surface area (Å²) in [5.74, 6) is 0. The second-order valence-electron chi connectivity index (χ2n) is 5.60. The predicted molar refractivity (Wildman–Crippen MR) is 75.3 cm³/mol. The van der Waals surface area contributed by atoms with Gasteiger partial charge < -0.3 is 10.6 Å². The first-order valence-corrected chi connectivity index (χ1v) is 7.14. The van der Waals surface area contributed by atoms with E-state index in [1.807, 2.05) is 6.07 Å². The van der Waals surface area contributed by atoms with E-state index >= 15 is 0 Å². The van der Waals surface area contributed by atoms with E-state index in [4.69, 9.17) is 5.73 Å². The SMILES string of the molecule is Nc1cccc2c1CN(CCN1CCCCC1)C2. The highest BCUT2D eigenvalue weighted by molar-refractivity contribution is 5.52. The molecular weight excluding hydrogens is 222 g/mol. The Bertz CT molecular complexity index is 410. The van der Waals surface area contributed by atoms with Gasteiger partial charge in [0.15, 0.2) is 0 Å². The van der Waals surface area contributed by atoms with Gasteiger partial charge in [0, 0.05) is 31.9 Å². The van der Waals surface area contributed by atoms with Crippen LogP contribution >= 0.6 is 0 Å². The number of hydrogen-bond acceptors (Lipinski definition) is 3. The van der Waals surface area contributed by atoms with Crippen molar-refractivity contribution in [3.05, 3.63) is 29.3 Å². The zero-order valence-corrected chi connectivity index (χ0v) is 11.1. The summed E-state index contributed by atoms with van der Waals surface area (Å²) >= 11 is 0. The van der Waals surface area contributed by atoms with E-state index in [9.17, 15) is 0 Å². The largest absolute Gasteiger partial charge is 0.398 e. The van der Waals surface area contributed by atoms with Crippen LogP contribution in [0, 0.1) is 0 Å². The third-order valence-electron chi connectivity index (χ3n) is 4.27. The number of likely N-dealkylation sites (tertiary alicyclic amines) is 1. The summed E-state index contributed by atoms with van der Waals surface area (Å²) in [6.45, 7) is 7.10. The van der Waals surface area contributed by atoms with Crippen LogP contribution in [0.25, 0.3) is 0 Å². The number of nitrogen functional groups attached to an aromatic ring is 1. The minimum absolute atomic E-state index is 0.966. The molecule has 98 valence electrons. The Morgan fingerprint density at radius 1 is 0.944 bits per heavy atom. The van der Waals surface area contributed by atoms with Crippen LogP contribution in [-0.4, -0.2) is 36.0 Å². The van der Waals surface area contributed by atoms with Crippen LogP contribution < -0.4 is 5.73 Å². The van der Waals surface area contributed by atoms with E-state index in [1.165, 1.54) is 56.6 Å². The fourth-order valence-corrected chi connectivity index (χ4v) is 3.14. The van der Waals surface area contributed by atoms with Crippen molar-refractivity contribution in [1.82, 2.24) is 9.80 Å². The maximum Gasteiger partial charge on any atom is 0.0363 e. The number of hydrogen-bond donors (Lipinski definition) is 1. The Balaban J connectivity index is 1.53. The average Bonchev–Trinajstić information content (AvgIpc) is 2.82. The van der Waals surface area contributed by atoms with Crippen molar-refractivity contribution in [1.29, 1.82) is 0 Å². The van der Waals surface area contributed by atoms with Crippen LogP contribution in [0.3, 0.4) is 0 Å². The zero-order valence-electron chi connectivity index (χ0n) is 11.1. The molecule has 18 heavy (non-hydrogen) atoms. The molecule has 0 saturated carbocycles. The summed E-state index contributed by atoms with van der Waals surface area (Å²) in [5.41, 5.74) is 9.78. The van der Waals surface area contributed by atoms with Gasteiger partial charge in [0.2, 0.25) is 0 Å². The van der Waals surface area contributed by atoms with Crippen molar-refractivity contribution < 1.29 is 0 Å². The summed E-state index contributed by atoms with van der Waals surface area (Å²) in [7, 11) is 0. The standard InChI is InChI=1S/C15H23N3/c16-15-6-4-5-13-11-18(12-14(13)15)10-9-17-7-2-1-3-8-17/h4-6H,1-3,7-12,16H2. The topological polar surface area (TPSA) is 32.5 Å². The zero-order chi connectivity index (χ0) is 12.4. The van der Waals surface area contributed by atoms with Gasteiger partial charge in [-0.25, -0.2) is 0 Å². The lowest BCUT2D eigenvalue weighted by Gasteiger charge is -2.28. The number of nitrogens with two attached hydrogens (primary N) is 1. The van der Waals surface area contributed by atoms with Crippen LogP contribution in [0.5, 0.6) is 0 Å². The Hall–Kier alpha value is -1.06. The van der Waals surface area contributed by atoms with E-state index in [0.717, 1.165) is 18.8 Å². The normalized spacial score (nSPS) is 21.1. The molecule has 3 rings (SSSR count). The highest BCUT2D eigenvalue weighted by Crippen LogP contribution is 2.27. The van der Waals surface area contributed by atoms with Crippen molar-refractivity contribution in [3.63, 3.8) is 0 Å². The van der Waals surface area contributed by atoms with Crippen molar-refractivity contribution in [3.8, 4) is 0 Å². The molecule has 0 atom stereocenters. The van der Waals surface area contributed by atoms with Gasteiger partial charge in [0.05, 0.1) is 0 Å². The number of fused-ring (bicyclic) bond motifs is 1. The molecule has 0 spiro atoms. The van der Waals surface area contributed by atoms with Gasteiger partial charge in [-0.1, -0.05) is 18.6 Å². The molecule has 2 N–H and O–H groups in total. The van der Waals surface area contributed by atoms with Gasteiger partial charge in [-0.3, -0.25) is 4.90 Å². The summed E-state index contributed by atoms with van der Waals surface area (Å²) in [4.78, 5) is 5.13. The Labute approximate surface area is 110 Å². The molecule has 1 aromatic rings. The molecule has 1 saturated heterocycles. The fraction of sp³-hybridized carbons (Fsp3) is 0.600. The second kappa shape index (κ2) is 5.29. The van der Waals surface area contributed by atoms with Crippen LogP contribution in [0.4, 0.5) is 5.69 Å². The van der Waals surface area contributed by atoms with E-state index < -0.39 is 0 Å². The van der Waals surface area contributed by atoms with Crippen LogP contribution in [-0.2, 0) is 13.1 Å². The smallest absolute Gasteiger partial charge is 0.0363 e. The van der Waals surface area contributed by atoms with Crippen LogP contribution in [0.15, 0.2) is 18.2 Å². The molecule has 0 bridgehead atoms. The molecule has 0 radical (unpaired) electrons. The second-order valence-corrected chi connectivity index (χ2v) is 5.60. The molecule has 3 heteroatoms. The van der Waals surface area contributed by atoms with Gasteiger partial charge in [-0.2, -0.15) is 0 Å².